The van der Waals surface area contributed by atoms with Gasteiger partial charge in [0.25, 0.3) is 0 Å². The van der Waals surface area contributed by atoms with Crippen molar-refractivity contribution in [1.29, 1.82) is 0 Å². The zero-order valence-electron chi connectivity index (χ0n) is 12.3. The lowest BCUT2D eigenvalue weighted by Crippen LogP contribution is -2.43. The molecular weight excluding hydrogens is 232 g/mol. The number of amides is 2. The van der Waals surface area contributed by atoms with E-state index >= 15 is 0 Å². The van der Waals surface area contributed by atoms with Gasteiger partial charge in [0.15, 0.2) is 5.78 Å². The zero-order valence-corrected chi connectivity index (χ0v) is 12.3. The fourth-order valence-corrected chi connectivity index (χ4v) is 1.22. The Morgan fingerprint density at radius 3 is 1.89 bits per heavy atom. The number of primary amides is 1. The Balaban J connectivity index is 0. The second kappa shape index (κ2) is 8.66. The van der Waals surface area contributed by atoms with Crippen LogP contribution in [0.4, 0.5) is 0 Å². The molecule has 0 rings (SSSR count). The molecule has 5 heteroatoms. The molecule has 0 unspecified atom stereocenters. The fourth-order valence-electron chi connectivity index (χ4n) is 1.22. The van der Waals surface area contributed by atoms with Crippen LogP contribution >= 0.6 is 0 Å². The average molecular weight is 258 g/mol. The number of nitrogens with two attached hydrogens (primary N) is 1. The van der Waals surface area contributed by atoms with Gasteiger partial charge in [0, 0.05) is 6.42 Å². The lowest BCUT2D eigenvalue weighted by molar-refractivity contribution is -0.129. The lowest BCUT2D eigenvalue weighted by atomic mass is 9.91. The van der Waals surface area contributed by atoms with Crippen molar-refractivity contribution in [3.8, 4) is 0 Å². The van der Waals surface area contributed by atoms with Crippen LogP contribution in [0.3, 0.4) is 0 Å². The van der Waals surface area contributed by atoms with E-state index in [0.29, 0.717) is 6.42 Å². The number of rotatable bonds is 5. The van der Waals surface area contributed by atoms with E-state index in [1.165, 1.54) is 6.92 Å². The topological polar surface area (TPSA) is 89.3 Å². The van der Waals surface area contributed by atoms with Crippen LogP contribution in [-0.2, 0) is 14.4 Å². The maximum absolute atomic E-state index is 11.5. The first-order valence-corrected chi connectivity index (χ1v) is 6.20. The van der Waals surface area contributed by atoms with Gasteiger partial charge in [-0.3, -0.25) is 14.4 Å². The highest BCUT2D eigenvalue weighted by molar-refractivity contribution is 5.91. The van der Waals surface area contributed by atoms with Gasteiger partial charge in [-0.15, -0.1) is 0 Å². The minimum atomic E-state index is -0.799. The molecule has 0 aromatic carbocycles. The van der Waals surface area contributed by atoms with Gasteiger partial charge in [-0.1, -0.05) is 34.6 Å². The summed E-state index contributed by atoms with van der Waals surface area (Å²) < 4.78 is 0. The van der Waals surface area contributed by atoms with Gasteiger partial charge >= 0.3 is 0 Å². The number of hydrogen-bond acceptors (Lipinski definition) is 3. The molecule has 0 aliphatic heterocycles. The van der Waals surface area contributed by atoms with Crippen LogP contribution in [0.5, 0.6) is 0 Å². The third kappa shape index (κ3) is 11.1. The normalized spacial score (nSPS) is 11.9. The molecule has 18 heavy (non-hydrogen) atoms. The van der Waals surface area contributed by atoms with Crippen molar-refractivity contribution in [2.24, 2.45) is 11.1 Å². The number of Topliss-reactive ketones (excluding diaryl/α,β-unsaturated/α-hetero) is 1. The molecule has 0 saturated carbocycles. The first kappa shape index (κ1) is 19.0. The molecule has 0 bridgehead atoms. The van der Waals surface area contributed by atoms with Crippen LogP contribution in [0, 0.1) is 5.41 Å². The predicted octanol–water partition coefficient (Wildman–Crippen LogP) is 1.40. The quantitative estimate of drug-likeness (QED) is 0.781. The van der Waals surface area contributed by atoms with Crippen molar-refractivity contribution in [2.75, 3.05) is 0 Å². The van der Waals surface area contributed by atoms with Crippen molar-refractivity contribution in [1.82, 2.24) is 5.32 Å². The molecule has 0 radical (unpaired) electrons. The van der Waals surface area contributed by atoms with Crippen molar-refractivity contribution in [3.05, 3.63) is 0 Å². The Labute approximate surface area is 109 Å². The predicted molar refractivity (Wildman–Crippen MR) is 71.8 cm³/mol. The summed E-state index contributed by atoms with van der Waals surface area (Å²) in [5.74, 6) is -1.11. The summed E-state index contributed by atoms with van der Waals surface area (Å²) >= 11 is 0. The second-order valence-electron chi connectivity index (χ2n) is 5.14. The largest absolute Gasteiger partial charge is 0.370 e. The number of hydrogen-bond donors (Lipinski definition) is 2. The van der Waals surface area contributed by atoms with E-state index < -0.39 is 11.9 Å². The maximum atomic E-state index is 11.5. The molecule has 5 nitrogen and oxygen atoms in total. The van der Waals surface area contributed by atoms with E-state index in [-0.39, 0.29) is 23.5 Å². The molecular formula is C13H26N2O3. The highest BCUT2D eigenvalue weighted by atomic mass is 16.2. The second-order valence-corrected chi connectivity index (χ2v) is 5.14. The molecule has 0 aromatic rings. The monoisotopic (exact) mass is 258 g/mol. The van der Waals surface area contributed by atoms with E-state index in [1.807, 2.05) is 34.6 Å². The van der Waals surface area contributed by atoms with Gasteiger partial charge in [0.2, 0.25) is 11.8 Å². The molecule has 2 amide bonds. The van der Waals surface area contributed by atoms with Crippen molar-refractivity contribution >= 4 is 17.6 Å². The van der Waals surface area contributed by atoms with Gasteiger partial charge in [-0.2, -0.15) is 0 Å². The lowest BCUT2D eigenvalue weighted by Gasteiger charge is -2.20. The third-order valence-electron chi connectivity index (χ3n) is 1.92. The summed E-state index contributed by atoms with van der Waals surface area (Å²) in [6.07, 6.45) is 0.154. The van der Waals surface area contributed by atoms with Crippen molar-refractivity contribution in [2.45, 2.75) is 60.4 Å². The minimum Gasteiger partial charge on any atom is -0.370 e. The third-order valence-corrected chi connectivity index (χ3v) is 1.92. The van der Waals surface area contributed by atoms with Gasteiger partial charge < -0.3 is 11.1 Å². The summed E-state index contributed by atoms with van der Waals surface area (Å²) in [7, 11) is 0. The van der Waals surface area contributed by atoms with Gasteiger partial charge in [0.1, 0.15) is 0 Å². The summed E-state index contributed by atoms with van der Waals surface area (Å²) in [4.78, 5) is 33.4. The van der Waals surface area contributed by atoms with Crippen LogP contribution < -0.4 is 11.1 Å². The summed E-state index contributed by atoms with van der Waals surface area (Å²) in [6, 6.07) is -0.799. The Bertz CT molecular complexity index is 293. The minimum absolute atomic E-state index is 0.148. The van der Waals surface area contributed by atoms with Gasteiger partial charge in [0.05, 0.1) is 12.5 Å². The van der Waals surface area contributed by atoms with E-state index in [9.17, 15) is 14.4 Å². The Kier molecular flexibility index (Phi) is 9.13. The van der Waals surface area contributed by atoms with Crippen molar-refractivity contribution < 1.29 is 14.4 Å². The van der Waals surface area contributed by atoms with Crippen LogP contribution in [-0.4, -0.2) is 23.6 Å². The van der Waals surface area contributed by atoms with Gasteiger partial charge in [-0.25, -0.2) is 0 Å². The first-order chi connectivity index (χ1) is 8.11. The zero-order chi connectivity index (χ0) is 14.9. The summed E-state index contributed by atoms with van der Waals surface area (Å²) in [5, 5.41) is 2.52. The van der Waals surface area contributed by atoms with E-state index in [1.54, 1.807) is 0 Å². The molecule has 0 spiro atoms. The molecule has 0 saturated heterocycles. The smallest absolute Gasteiger partial charge is 0.221 e. The van der Waals surface area contributed by atoms with E-state index in [4.69, 9.17) is 5.73 Å². The number of carbonyl (C=O) groups is 3. The molecule has 0 heterocycles. The van der Waals surface area contributed by atoms with Crippen LogP contribution in [0.1, 0.15) is 54.4 Å². The van der Waals surface area contributed by atoms with Crippen LogP contribution in [0.25, 0.3) is 0 Å². The first-order valence-electron chi connectivity index (χ1n) is 6.20. The van der Waals surface area contributed by atoms with Crippen molar-refractivity contribution in [3.63, 3.8) is 0 Å². The molecule has 3 N–H and O–H groups in total. The fraction of sp³-hybridized carbons (Fsp3) is 0.769. The van der Waals surface area contributed by atoms with Gasteiger partial charge in [-0.05, 0) is 12.3 Å². The Morgan fingerprint density at radius 2 is 1.61 bits per heavy atom. The van der Waals surface area contributed by atoms with E-state index in [2.05, 4.69) is 5.32 Å². The maximum Gasteiger partial charge on any atom is 0.221 e. The molecule has 0 aromatic heterocycles. The molecule has 0 aliphatic rings. The SMILES string of the molecule is CC.CC(=O)[C@H](CC(N)=O)NC(=O)CC(C)(C)C. The van der Waals surface area contributed by atoms with Crippen LogP contribution in [0.2, 0.25) is 0 Å². The number of ketones is 1. The molecule has 1 atom stereocenters. The number of nitrogens with one attached hydrogen (secondary N) is 1. The molecule has 0 aliphatic carbocycles. The number of carbonyl (C=O) groups excluding carboxylic acids is 3. The summed E-state index contributed by atoms with van der Waals surface area (Å²) in [5.41, 5.74) is 4.84. The average Bonchev–Trinajstić information content (AvgIpc) is 2.16. The highest BCUT2D eigenvalue weighted by Gasteiger charge is 2.22. The molecule has 0 fully saturated rings. The van der Waals surface area contributed by atoms with Crippen LogP contribution in [0.15, 0.2) is 0 Å². The Morgan fingerprint density at radius 1 is 1.17 bits per heavy atom. The molecule has 106 valence electrons. The standard InChI is InChI=1S/C11H20N2O3.C2H6/c1-7(14)8(5-9(12)15)13-10(16)6-11(2,3)4;1-2/h8H,5-6H2,1-4H3,(H2,12,15)(H,13,16);1-2H3/t8-;/m0./s1. The highest BCUT2D eigenvalue weighted by Crippen LogP contribution is 2.18. The van der Waals surface area contributed by atoms with E-state index in [0.717, 1.165) is 0 Å². The summed E-state index contributed by atoms with van der Waals surface area (Å²) in [6.45, 7) is 11.1. The Hall–Kier alpha value is -1.39.